The summed E-state index contributed by atoms with van der Waals surface area (Å²) in [6.45, 7) is 1.55. The Bertz CT molecular complexity index is 775. The van der Waals surface area contributed by atoms with Gasteiger partial charge in [-0.25, -0.2) is 4.79 Å². The van der Waals surface area contributed by atoms with Gasteiger partial charge in [-0.2, -0.15) is 4.68 Å². The summed E-state index contributed by atoms with van der Waals surface area (Å²) >= 11 is 1.40. The summed E-state index contributed by atoms with van der Waals surface area (Å²) in [4.78, 5) is 36.0. The van der Waals surface area contributed by atoms with Crippen molar-refractivity contribution in [3.63, 3.8) is 0 Å². The third-order valence-corrected chi connectivity index (χ3v) is 4.32. The van der Waals surface area contributed by atoms with E-state index in [1.165, 1.54) is 18.3 Å². The van der Waals surface area contributed by atoms with Crippen molar-refractivity contribution < 1.29 is 18.7 Å². The molecule has 128 valence electrons. The van der Waals surface area contributed by atoms with Gasteiger partial charge in [-0.15, -0.1) is 16.4 Å². The monoisotopic (exact) mass is 351 g/mol. The topological polar surface area (TPSA) is 103 Å². The van der Waals surface area contributed by atoms with Crippen LogP contribution in [0.1, 0.15) is 26.2 Å². The van der Waals surface area contributed by atoms with Crippen LogP contribution in [-0.4, -0.2) is 33.8 Å². The highest BCUT2D eigenvalue weighted by Crippen LogP contribution is 2.21. The van der Waals surface area contributed by atoms with Crippen LogP contribution in [0.2, 0.25) is 0 Å². The quantitative estimate of drug-likeness (QED) is 0.751. The lowest BCUT2D eigenvalue weighted by Crippen LogP contribution is -2.37. The minimum Gasteiger partial charge on any atom is -0.452 e. The molecule has 0 aliphatic heterocycles. The van der Waals surface area contributed by atoms with E-state index in [0.29, 0.717) is 0 Å². The summed E-state index contributed by atoms with van der Waals surface area (Å²) in [5.41, 5.74) is 0. The van der Waals surface area contributed by atoms with Crippen molar-refractivity contribution in [2.45, 2.75) is 44.9 Å². The van der Waals surface area contributed by atoms with E-state index >= 15 is 0 Å². The molecule has 1 N–H and O–H groups in total. The van der Waals surface area contributed by atoms with Gasteiger partial charge in [0.2, 0.25) is 0 Å². The number of rotatable bonds is 7. The van der Waals surface area contributed by atoms with E-state index in [0.717, 1.165) is 22.4 Å². The maximum atomic E-state index is 11.8. The molecule has 1 saturated carbocycles. The molecule has 1 unspecified atom stereocenters. The van der Waals surface area contributed by atoms with Crippen LogP contribution in [0.15, 0.2) is 26.7 Å². The van der Waals surface area contributed by atoms with Crippen molar-refractivity contribution in [3.05, 3.63) is 28.1 Å². The number of carbonyl (C=O) groups excluding carboxylic acids is 2. The maximum absolute atomic E-state index is 11.8. The molecular formula is C15H17N3O5S. The zero-order valence-electron chi connectivity index (χ0n) is 13.1. The van der Waals surface area contributed by atoms with Gasteiger partial charge in [-0.05, 0) is 31.2 Å². The molecule has 2 aromatic rings. The number of nitrogens with zero attached hydrogens (tertiary/aromatic N) is 2. The second-order valence-corrected chi connectivity index (χ2v) is 6.49. The van der Waals surface area contributed by atoms with Crippen LogP contribution in [-0.2, 0) is 20.9 Å². The van der Waals surface area contributed by atoms with Crippen molar-refractivity contribution in [1.29, 1.82) is 0 Å². The predicted molar refractivity (Wildman–Crippen MR) is 85.4 cm³/mol. The number of amides is 1. The molecule has 1 fully saturated rings. The molecule has 9 heteroatoms. The number of carbonyl (C=O) groups is 2. The summed E-state index contributed by atoms with van der Waals surface area (Å²) in [6, 6.07) is 3.82. The van der Waals surface area contributed by atoms with Gasteiger partial charge in [0.25, 0.3) is 11.8 Å². The summed E-state index contributed by atoms with van der Waals surface area (Å²) in [7, 11) is 0. The SMILES string of the molecule is CC(OC(=O)CCn1nc(-c2cccs2)oc1=O)C(=O)NC1CC1. The minimum atomic E-state index is -0.853. The molecule has 0 radical (unpaired) electrons. The van der Waals surface area contributed by atoms with E-state index in [4.69, 9.17) is 9.15 Å². The Balaban J connectivity index is 1.50. The third-order valence-electron chi connectivity index (χ3n) is 3.47. The van der Waals surface area contributed by atoms with E-state index in [2.05, 4.69) is 10.4 Å². The van der Waals surface area contributed by atoms with Crippen molar-refractivity contribution in [1.82, 2.24) is 15.1 Å². The van der Waals surface area contributed by atoms with Crippen molar-refractivity contribution in [2.24, 2.45) is 0 Å². The van der Waals surface area contributed by atoms with Crippen molar-refractivity contribution in [3.8, 4) is 10.8 Å². The van der Waals surface area contributed by atoms with Crippen LogP contribution in [0.25, 0.3) is 10.8 Å². The van der Waals surface area contributed by atoms with E-state index in [-0.39, 0.29) is 30.8 Å². The second kappa shape index (κ2) is 7.00. The van der Waals surface area contributed by atoms with E-state index in [9.17, 15) is 14.4 Å². The smallest absolute Gasteiger partial charge is 0.437 e. The standard InChI is InChI=1S/C15H17N3O5S/c1-9(13(20)16-10-4-5-10)22-12(19)6-7-18-15(21)23-14(17-18)11-3-2-8-24-11/h2-3,8-10H,4-7H2,1H3,(H,16,20). The molecule has 8 nitrogen and oxygen atoms in total. The first kappa shape index (κ1) is 16.4. The largest absolute Gasteiger partial charge is 0.452 e. The highest BCUT2D eigenvalue weighted by Gasteiger charge is 2.27. The van der Waals surface area contributed by atoms with Gasteiger partial charge in [0.15, 0.2) is 6.10 Å². The van der Waals surface area contributed by atoms with Crippen LogP contribution in [0, 0.1) is 0 Å². The summed E-state index contributed by atoms with van der Waals surface area (Å²) in [5.74, 6) is -1.28. The number of esters is 1. The molecule has 0 spiro atoms. The number of aromatic nitrogens is 2. The summed E-state index contributed by atoms with van der Waals surface area (Å²) in [6.07, 6.45) is 1.01. The number of aryl methyl sites for hydroxylation is 1. The molecule has 1 aliphatic rings. The Morgan fingerprint density at radius 3 is 3.00 bits per heavy atom. The molecule has 1 amide bonds. The average Bonchev–Trinajstić information content (AvgIpc) is 3.05. The molecule has 1 aliphatic carbocycles. The molecule has 2 aromatic heterocycles. The normalized spacial score (nSPS) is 15.0. The van der Waals surface area contributed by atoms with Crippen molar-refractivity contribution in [2.75, 3.05) is 0 Å². The first-order valence-electron chi connectivity index (χ1n) is 7.64. The van der Waals surface area contributed by atoms with Gasteiger partial charge in [-0.3, -0.25) is 9.59 Å². The number of ether oxygens (including phenoxy) is 1. The van der Waals surface area contributed by atoms with Gasteiger partial charge in [-0.1, -0.05) is 6.07 Å². The highest BCUT2D eigenvalue weighted by molar-refractivity contribution is 7.13. The lowest BCUT2D eigenvalue weighted by atomic mass is 10.3. The molecule has 0 aromatic carbocycles. The third kappa shape index (κ3) is 4.10. The number of nitrogens with one attached hydrogen (secondary N) is 1. The van der Waals surface area contributed by atoms with E-state index in [1.807, 2.05) is 11.4 Å². The molecule has 2 heterocycles. The Labute approximate surface area is 141 Å². The zero-order valence-corrected chi connectivity index (χ0v) is 13.9. The van der Waals surface area contributed by atoms with Gasteiger partial charge < -0.3 is 14.5 Å². The van der Waals surface area contributed by atoms with Crippen LogP contribution < -0.4 is 11.1 Å². The molecule has 0 bridgehead atoms. The lowest BCUT2D eigenvalue weighted by Gasteiger charge is -2.12. The minimum absolute atomic E-state index is 0.0313. The van der Waals surface area contributed by atoms with Gasteiger partial charge in [0, 0.05) is 6.04 Å². The second-order valence-electron chi connectivity index (χ2n) is 5.54. The first-order chi connectivity index (χ1) is 11.5. The van der Waals surface area contributed by atoms with Crippen LogP contribution in [0.5, 0.6) is 0 Å². The lowest BCUT2D eigenvalue weighted by molar-refractivity contribution is -0.155. The highest BCUT2D eigenvalue weighted by atomic mass is 32.1. The molecule has 0 saturated heterocycles. The number of thiophene rings is 1. The molecule has 24 heavy (non-hydrogen) atoms. The van der Waals surface area contributed by atoms with E-state index < -0.39 is 17.8 Å². The Kier molecular flexibility index (Phi) is 4.79. The number of hydrogen-bond donors (Lipinski definition) is 1. The van der Waals surface area contributed by atoms with Gasteiger partial charge in [0.1, 0.15) is 0 Å². The summed E-state index contributed by atoms with van der Waals surface area (Å²) in [5, 5.41) is 8.66. The fraction of sp³-hybridized carbons (Fsp3) is 0.467. The average molecular weight is 351 g/mol. The predicted octanol–water partition coefficient (Wildman–Crippen LogP) is 1.17. The fourth-order valence-corrected chi connectivity index (χ4v) is 2.64. The van der Waals surface area contributed by atoms with Gasteiger partial charge >= 0.3 is 11.7 Å². The van der Waals surface area contributed by atoms with Crippen LogP contribution in [0.3, 0.4) is 0 Å². The Morgan fingerprint density at radius 2 is 2.33 bits per heavy atom. The summed E-state index contributed by atoms with van der Waals surface area (Å²) < 4.78 is 11.2. The van der Waals surface area contributed by atoms with E-state index in [1.54, 1.807) is 6.07 Å². The van der Waals surface area contributed by atoms with Crippen LogP contribution in [0.4, 0.5) is 0 Å². The Hall–Kier alpha value is -2.42. The fourth-order valence-electron chi connectivity index (χ4n) is 2.00. The van der Waals surface area contributed by atoms with Crippen molar-refractivity contribution >= 4 is 23.2 Å². The molecular weight excluding hydrogens is 334 g/mol. The van der Waals surface area contributed by atoms with Crippen LogP contribution >= 0.6 is 11.3 Å². The maximum Gasteiger partial charge on any atom is 0.437 e. The number of hydrogen-bond acceptors (Lipinski definition) is 7. The Morgan fingerprint density at radius 1 is 1.54 bits per heavy atom. The molecule has 3 rings (SSSR count). The first-order valence-corrected chi connectivity index (χ1v) is 8.52. The molecule has 1 atom stereocenters. The zero-order chi connectivity index (χ0) is 17.1. The van der Waals surface area contributed by atoms with Gasteiger partial charge in [0.05, 0.1) is 17.8 Å².